The van der Waals surface area contributed by atoms with E-state index in [0.717, 1.165) is 29.8 Å². The van der Waals surface area contributed by atoms with Gasteiger partial charge in [0.15, 0.2) is 0 Å². The fraction of sp³-hybridized carbons (Fsp3) is 0.350. The minimum absolute atomic E-state index is 0.0371. The van der Waals surface area contributed by atoms with Crippen molar-refractivity contribution in [1.29, 1.82) is 0 Å². The number of ether oxygens (including phenoxy) is 1. The number of benzene rings is 2. The molecule has 5 nitrogen and oxygen atoms in total. The lowest BCUT2D eigenvalue weighted by molar-refractivity contribution is -0.137. The SMILES string of the molecule is COc1ccc(C2CC(O)C(O)C2NC(=O)c2ccc(C(F)(F)F)cc2)cc1. The van der Waals surface area contributed by atoms with E-state index in [1.165, 1.54) is 7.11 Å². The van der Waals surface area contributed by atoms with Gasteiger partial charge in [-0.25, -0.2) is 0 Å². The Balaban J connectivity index is 1.78. The topological polar surface area (TPSA) is 78.8 Å². The number of carbonyl (C=O) groups excluding carboxylic acids is 1. The van der Waals surface area contributed by atoms with Gasteiger partial charge >= 0.3 is 6.18 Å². The Kier molecular flexibility index (Phi) is 5.62. The van der Waals surface area contributed by atoms with Gasteiger partial charge in [0.2, 0.25) is 0 Å². The number of halogens is 3. The van der Waals surface area contributed by atoms with Gasteiger partial charge in [-0.15, -0.1) is 0 Å². The average molecular weight is 395 g/mol. The molecule has 0 radical (unpaired) electrons. The van der Waals surface area contributed by atoms with Crippen molar-refractivity contribution in [1.82, 2.24) is 5.32 Å². The highest BCUT2D eigenvalue weighted by molar-refractivity contribution is 5.94. The summed E-state index contributed by atoms with van der Waals surface area (Å²) >= 11 is 0. The Labute approximate surface area is 159 Å². The van der Waals surface area contributed by atoms with Crippen LogP contribution < -0.4 is 10.1 Å². The number of amides is 1. The third-order valence-electron chi connectivity index (χ3n) is 5.01. The van der Waals surface area contributed by atoms with E-state index in [-0.39, 0.29) is 17.9 Å². The third-order valence-corrected chi connectivity index (χ3v) is 5.01. The van der Waals surface area contributed by atoms with Gasteiger partial charge in [0, 0.05) is 11.5 Å². The molecule has 1 saturated carbocycles. The van der Waals surface area contributed by atoms with Crippen LogP contribution in [0.15, 0.2) is 48.5 Å². The Morgan fingerprint density at radius 1 is 1.07 bits per heavy atom. The van der Waals surface area contributed by atoms with Crippen LogP contribution in [0.4, 0.5) is 13.2 Å². The van der Waals surface area contributed by atoms with Gasteiger partial charge in [-0.1, -0.05) is 12.1 Å². The quantitative estimate of drug-likeness (QED) is 0.744. The van der Waals surface area contributed by atoms with Crippen molar-refractivity contribution in [3.8, 4) is 5.75 Å². The molecule has 1 fully saturated rings. The van der Waals surface area contributed by atoms with Gasteiger partial charge in [-0.05, 0) is 48.4 Å². The fourth-order valence-corrected chi connectivity index (χ4v) is 3.45. The van der Waals surface area contributed by atoms with Gasteiger partial charge in [0.25, 0.3) is 5.91 Å². The van der Waals surface area contributed by atoms with Crippen LogP contribution >= 0.6 is 0 Å². The van der Waals surface area contributed by atoms with Crippen LogP contribution in [0.5, 0.6) is 5.75 Å². The maximum Gasteiger partial charge on any atom is 0.416 e. The van der Waals surface area contributed by atoms with Gasteiger partial charge in [0.05, 0.1) is 24.8 Å². The van der Waals surface area contributed by atoms with Crippen LogP contribution in [0.1, 0.15) is 33.8 Å². The smallest absolute Gasteiger partial charge is 0.416 e. The van der Waals surface area contributed by atoms with Gasteiger partial charge in [-0.2, -0.15) is 13.2 Å². The van der Waals surface area contributed by atoms with E-state index >= 15 is 0 Å². The predicted molar refractivity (Wildman–Crippen MR) is 95.1 cm³/mol. The van der Waals surface area contributed by atoms with Gasteiger partial charge in [-0.3, -0.25) is 4.79 Å². The van der Waals surface area contributed by atoms with E-state index in [9.17, 15) is 28.2 Å². The number of hydrogen-bond donors (Lipinski definition) is 3. The molecule has 3 rings (SSSR count). The molecular weight excluding hydrogens is 375 g/mol. The van der Waals surface area contributed by atoms with Crippen LogP contribution in [0.2, 0.25) is 0 Å². The molecule has 1 aliphatic carbocycles. The molecule has 0 spiro atoms. The first-order valence-electron chi connectivity index (χ1n) is 8.69. The second-order valence-electron chi connectivity index (χ2n) is 6.75. The van der Waals surface area contributed by atoms with Crippen LogP contribution in [0, 0.1) is 0 Å². The van der Waals surface area contributed by atoms with Crippen LogP contribution in [0.25, 0.3) is 0 Å². The fourth-order valence-electron chi connectivity index (χ4n) is 3.45. The van der Waals surface area contributed by atoms with Crippen LogP contribution in [-0.4, -0.2) is 41.5 Å². The van der Waals surface area contributed by atoms with E-state index in [4.69, 9.17) is 4.74 Å². The normalized spacial score (nSPS) is 24.8. The molecular formula is C20H20F3NO4. The Morgan fingerprint density at radius 3 is 2.21 bits per heavy atom. The lowest BCUT2D eigenvalue weighted by Gasteiger charge is -2.24. The molecule has 0 saturated heterocycles. The number of aliphatic hydroxyl groups excluding tert-OH is 2. The second-order valence-corrected chi connectivity index (χ2v) is 6.75. The first kappa shape index (κ1) is 20.2. The average Bonchev–Trinajstić information content (AvgIpc) is 2.96. The largest absolute Gasteiger partial charge is 0.497 e. The molecule has 1 aliphatic rings. The molecule has 0 aliphatic heterocycles. The number of aliphatic hydroxyl groups is 2. The number of rotatable bonds is 4. The first-order valence-corrected chi connectivity index (χ1v) is 8.69. The monoisotopic (exact) mass is 395 g/mol. The summed E-state index contributed by atoms with van der Waals surface area (Å²) in [5.74, 6) is -0.326. The third kappa shape index (κ3) is 4.13. The molecule has 8 heteroatoms. The molecule has 0 heterocycles. The summed E-state index contributed by atoms with van der Waals surface area (Å²) in [6, 6.07) is 10.1. The summed E-state index contributed by atoms with van der Waals surface area (Å²) in [5, 5.41) is 23.0. The lowest BCUT2D eigenvalue weighted by Crippen LogP contribution is -2.45. The Morgan fingerprint density at radius 2 is 1.68 bits per heavy atom. The minimum Gasteiger partial charge on any atom is -0.497 e. The van der Waals surface area contributed by atoms with Crippen molar-refractivity contribution >= 4 is 5.91 Å². The van der Waals surface area contributed by atoms with Crippen molar-refractivity contribution in [3.63, 3.8) is 0 Å². The molecule has 3 N–H and O–H groups in total. The van der Waals surface area contributed by atoms with Crippen LogP contribution in [0.3, 0.4) is 0 Å². The number of nitrogens with one attached hydrogen (secondary N) is 1. The molecule has 1 amide bonds. The van der Waals surface area contributed by atoms with Crippen LogP contribution in [-0.2, 0) is 6.18 Å². The molecule has 0 bridgehead atoms. The zero-order valence-corrected chi connectivity index (χ0v) is 15.0. The number of alkyl halides is 3. The van der Waals surface area contributed by atoms with E-state index in [0.29, 0.717) is 5.75 Å². The summed E-state index contributed by atoms with van der Waals surface area (Å²) in [4.78, 5) is 12.5. The first-order chi connectivity index (χ1) is 13.2. The van der Waals surface area contributed by atoms with Crippen molar-refractivity contribution in [2.45, 2.75) is 36.8 Å². The summed E-state index contributed by atoms with van der Waals surface area (Å²) in [6.07, 6.45) is -6.46. The maximum absolute atomic E-state index is 12.7. The van der Waals surface area contributed by atoms with Crippen molar-refractivity contribution in [2.24, 2.45) is 0 Å². The van der Waals surface area contributed by atoms with Gasteiger partial charge in [0.1, 0.15) is 11.9 Å². The molecule has 150 valence electrons. The number of methoxy groups -OCH3 is 1. The number of hydrogen-bond acceptors (Lipinski definition) is 4. The maximum atomic E-state index is 12.7. The van der Waals surface area contributed by atoms with E-state index in [1.807, 2.05) is 0 Å². The zero-order chi connectivity index (χ0) is 20.5. The summed E-state index contributed by atoms with van der Waals surface area (Å²) in [7, 11) is 1.53. The Hall–Kier alpha value is -2.58. The Bertz CT molecular complexity index is 821. The predicted octanol–water partition coefficient (Wildman–Crippen LogP) is 2.72. The summed E-state index contributed by atoms with van der Waals surface area (Å²) in [5.41, 5.74) is -0.0133. The highest BCUT2D eigenvalue weighted by Gasteiger charge is 2.43. The molecule has 4 unspecified atom stereocenters. The molecule has 4 atom stereocenters. The molecule has 2 aromatic rings. The van der Waals surface area contributed by atoms with E-state index < -0.39 is 35.9 Å². The summed E-state index contributed by atoms with van der Waals surface area (Å²) < 4.78 is 43.1. The van der Waals surface area contributed by atoms with Crippen molar-refractivity contribution < 1.29 is 32.9 Å². The lowest BCUT2D eigenvalue weighted by atomic mass is 9.93. The second kappa shape index (κ2) is 7.81. The van der Waals surface area contributed by atoms with E-state index in [1.54, 1.807) is 24.3 Å². The summed E-state index contributed by atoms with van der Waals surface area (Å²) in [6.45, 7) is 0. The number of carbonyl (C=O) groups is 1. The van der Waals surface area contributed by atoms with E-state index in [2.05, 4.69) is 5.32 Å². The van der Waals surface area contributed by atoms with Gasteiger partial charge < -0.3 is 20.3 Å². The molecule has 28 heavy (non-hydrogen) atoms. The zero-order valence-electron chi connectivity index (χ0n) is 15.0. The van der Waals surface area contributed by atoms with Crippen molar-refractivity contribution in [3.05, 3.63) is 65.2 Å². The molecule has 0 aromatic heterocycles. The highest BCUT2D eigenvalue weighted by atomic mass is 19.4. The highest BCUT2D eigenvalue weighted by Crippen LogP contribution is 2.36. The molecule has 2 aromatic carbocycles. The standard InChI is InChI=1S/C20H20F3NO4/c1-28-14-8-4-11(5-9-14)15-10-16(25)18(26)17(15)24-19(27)12-2-6-13(7-3-12)20(21,22)23/h2-9,15-18,25-26H,10H2,1H3,(H,24,27). The minimum atomic E-state index is -4.49. The van der Waals surface area contributed by atoms with Crippen molar-refractivity contribution in [2.75, 3.05) is 7.11 Å².